The maximum atomic E-state index is 13.5. The molecule has 0 aromatic carbocycles. The molecule has 0 aliphatic heterocycles. The van der Waals surface area contributed by atoms with Gasteiger partial charge in [0.05, 0.1) is 12.7 Å². The summed E-state index contributed by atoms with van der Waals surface area (Å²) in [4.78, 5) is 17.9. The smallest absolute Gasteiger partial charge is 0.157 e. The fraction of sp³-hybridized carbons (Fsp3) is 0.741. The van der Waals surface area contributed by atoms with Gasteiger partial charge in [0.15, 0.2) is 5.78 Å². The van der Waals surface area contributed by atoms with E-state index in [4.69, 9.17) is 0 Å². The van der Waals surface area contributed by atoms with Gasteiger partial charge in [-0.25, -0.2) is 0 Å². The van der Waals surface area contributed by atoms with Crippen molar-refractivity contribution >= 4 is 16.8 Å². The van der Waals surface area contributed by atoms with Crippen LogP contribution >= 0.6 is 0 Å². The minimum absolute atomic E-state index is 0.206. The Labute approximate surface area is 186 Å². The van der Waals surface area contributed by atoms with Gasteiger partial charge >= 0.3 is 0 Å². The van der Waals surface area contributed by atoms with Crippen molar-refractivity contribution in [2.45, 2.75) is 78.2 Å². The molecule has 6 rings (SSSR count). The number of Topliss-reactive ketones (excluding diaryl/α,β-unsaturated/α-hetero) is 1. The zero-order valence-electron chi connectivity index (χ0n) is 19.2. The average Bonchev–Trinajstić information content (AvgIpc) is 3.33. The van der Waals surface area contributed by atoms with Crippen LogP contribution in [-0.2, 0) is 11.3 Å². The quantitative estimate of drug-likeness (QED) is 0.622. The molecule has 0 bridgehead atoms. The summed E-state index contributed by atoms with van der Waals surface area (Å²) < 4.78 is 1.83. The number of hydrogen-bond acceptors (Lipinski definition) is 3. The molecular weight excluding hydrogens is 382 g/mol. The zero-order chi connectivity index (χ0) is 21.2. The summed E-state index contributed by atoms with van der Waals surface area (Å²) in [5.74, 6) is 6.12. The van der Waals surface area contributed by atoms with Crippen LogP contribution in [0.3, 0.4) is 0 Å². The highest BCUT2D eigenvalue weighted by Gasteiger charge is 2.58. The van der Waals surface area contributed by atoms with E-state index in [0.717, 1.165) is 53.0 Å². The van der Waals surface area contributed by atoms with Crippen LogP contribution in [0.5, 0.6) is 0 Å². The maximum absolute atomic E-state index is 13.5. The lowest BCUT2D eigenvalue weighted by atomic mass is 9.49. The van der Waals surface area contributed by atoms with Crippen molar-refractivity contribution in [2.24, 2.45) is 46.8 Å². The minimum atomic E-state index is 0.206. The molecule has 31 heavy (non-hydrogen) atoms. The summed E-state index contributed by atoms with van der Waals surface area (Å²) in [6.45, 7) is 5.34. The van der Waals surface area contributed by atoms with Crippen LogP contribution in [0.1, 0.15) is 71.6 Å². The topological polar surface area (TPSA) is 47.8 Å². The van der Waals surface area contributed by atoms with Crippen molar-refractivity contribution in [3.8, 4) is 0 Å². The van der Waals surface area contributed by atoms with Crippen molar-refractivity contribution in [1.29, 1.82) is 0 Å². The summed E-state index contributed by atoms with van der Waals surface area (Å²) in [5, 5.41) is 4.60. The standard InChI is InChI=1S/C27H37N3O/c1-17-5-7-19-18(14-17)6-8-21-20(19)11-12-27(2)22(21)9-10-23(27)26(31)16-30-15-25-24(29-30)4-3-13-28-25/h3-4,13,15,17-23H,5-12,14,16H2,1-2H3. The fourth-order valence-corrected chi connectivity index (χ4v) is 8.87. The first-order valence-electron chi connectivity index (χ1n) is 12.8. The van der Waals surface area contributed by atoms with Gasteiger partial charge in [0.2, 0.25) is 0 Å². The summed E-state index contributed by atoms with van der Waals surface area (Å²) in [5.41, 5.74) is 1.97. The van der Waals surface area contributed by atoms with E-state index in [2.05, 4.69) is 23.9 Å². The molecule has 4 aliphatic rings. The molecule has 4 nitrogen and oxygen atoms in total. The Balaban J connectivity index is 1.19. The van der Waals surface area contributed by atoms with Gasteiger partial charge in [-0.3, -0.25) is 14.5 Å². The second-order valence-electron chi connectivity index (χ2n) is 11.7. The van der Waals surface area contributed by atoms with Crippen LogP contribution in [0, 0.1) is 46.8 Å². The Kier molecular flexibility index (Phi) is 4.77. The Hall–Kier alpha value is -1.71. The van der Waals surface area contributed by atoms with Gasteiger partial charge in [-0.1, -0.05) is 20.3 Å². The number of rotatable bonds is 3. The first kappa shape index (κ1) is 19.9. The van der Waals surface area contributed by atoms with Gasteiger partial charge in [-0.05, 0) is 104 Å². The lowest BCUT2D eigenvalue weighted by molar-refractivity contribution is -0.131. The molecule has 4 aliphatic carbocycles. The van der Waals surface area contributed by atoms with Crippen molar-refractivity contribution in [1.82, 2.24) is 14.8 Å². The van der Waals surface area contributed by atoms with Gasteiger partial charge in [0, 0.05) is 12.1 Å². The number of carbonyl (C=O) groups is 1. The van der Waals surface area contributed by atoms with Gasteiger partial charge in [-0.2, -0.15) is 5.10 Å². The lowest BCUT2D eigenvalue weighted by Crippen LogP contribution is -2.49. The Bertz CT molecular complexity index is 949. The van der Waals surface area contributed by atoms with E-state index in [-0.39, 0.29) is 11.3 Å². The third kappa shape index (κ3) is 3.19. The number of aromatic nitrogens is 3. The molecule has 0 amide bonds. The minimum Gasteiger partial charge on any atom is -0.297 e. The van der Waals surface area contributed by atoms with E-state index in [1.165, 1.54) is 51.4 Å². The van der Waals surface area contributed by atoms with Crippen LogP contribution in [0.15, 0.2) is 24.5 Å². The highest BCUT2D eigenvalue weighted by molar-refractivity contribution is 5.82. The molecule has 0 N–H and O–H groups in total. The molecular formula is C27H37N3O. The third-order valence-electron chi connectivity index (χ3n) is 10.2. The van der Waals surface area contributed by atoms with E-state index in [1.54, 1.807) is 6.20 Å². The predicted molar refractivity (Wildman–Crippen MR) is 122 cm³/mol. The van der Waals surface area contributed by atoms with Crippen molar-refractivity contribution in [3.05, 3.63) is 24.5 Å². The predicted octanol–water partition coefficient (Wildman–Crippen LogP) is 5.91. The summed E-state index contributed by atoms with van der Waals surface area (Å²) in [6.07, 6.45) is 16.0. The van der Waals surface area contributed by atoms with E-state index in [0.29, 0.717) is 12.3 Å². The van der Waals surface area contributed by atoms with Crippen LogP contribution in [0.25, 0.3) is 11.0 Å². The first-order chi connectivity index (χ1) is 15.0. The molecule has 166 valence electrons. The summed E-state index contributed by atoms with van der Waals surface area (Å²) in [7, 11) is 0. The normalized spacial score (nSPS) is 42.1. The zero-order valence-corrected chi connectivity index (χ0v) is 19.2. The Morgan fingerprint density at radius 3 is 2.81 bits per heavy atom. The first-order valence-corrected chi connectivity index (χ1v) is 12.8. The number of hydrogen-bond donors (Lipinski definition) is 0. The van der Waals surface area contributed by atoms with Gasteiger partial charge in [-0.15, -0.1) is 0 Å². The van der Waals surface area contributed by atoms with Crippen molar-refractivity contribution < 1.29 is 4.79 Å². The molecule has 2 heterocycles. The van der Waals surface area contributed by atoms with Gasteiger partial charge in [0.1, 0.15) is 11.0 Å². The maximum Gasteiger partial charge on any atom is 0.157 e. The van der Waals surface area contributed by atoms with Crippen molar-refractivity contribution in [3.63, 3.8) is 0 Å². The molecule has 4 fully saturated rings. The van der Waals surface area contributed by atoms with Crippen LogP contribution in [0.4, 0.5) is 0 Å². The summed E-state index contributed by atoms with van der Waals surface area (Å²) >= 11 is 0. The molecule has 0 radical (unpaired) electrons. The molecule has 2 aromatic heterocycles. The molecule has 0 spiro atoms. The summed E-state index contributed by atoms with van der Waals surface area (Å²) in [6, 6.07) is 3.88. The second-order valence-corrected chi connectivity index (χ2v) is 11.7. The number of carbonyl (C=O) groups excluding carboxylic acids is 1. The highest BCUT2D eigenvalue weighted by Crippen LogP contribution is 2.64. The van der Waals surface area contributed by atoms with Gasteiger partial charge in [0.25, 0.3) is 0 Å². The van der Waals surface area contributed by atoms with Crippen molar-refractivity contribution in [2.75, 3.05) is 0 Å². The number of ketones is 1. The molecule has 8 atom stereocenters. The number of fused-ring (bicyclic) bond motifs is 6. The van der Waals surface area contributed by atoms with E-state index in [1.807, 2.05) is 23.0 Å². The largest absolute Gasteiger partial charge is 0.297 e. The molecule has 2 aromatic rings. The number of nitrogens with zero attached hydrogens (tertiary/aromatic N) is 3. The fourth-order valence-electron chi connectivity index (χ4n) is 8.87. The van der Waals surface area contributed by atoms with E-state index in [9.17, 15) is 4.79 Å². The van der Waals surface area contributed by atoms with E-state index < -0.39 is 0 Å². The highest BCUT2D eigenvalue weighted by atomic mass is 16.1. The average molecular weight is 420 g/mol. The van der Waals surface area contributed by atoms with E-state index >= 15 is 0 Å². The monoisotopic (exact) mass is 419 g/mol. The lowest BCUT2D eigenvalue weighted by Gasteiger charge is -2.56. The van der Waals surface area contributed by atoms with Crippen LogP contribution < -0.4 is 0 Å². The molecule has 4 heteroatoms. The van der Waals surface area contributed by atoms with Crippen LogP contribution in [0.2, 0.25) is 0 Å². The Morgan fingerprint density at radius 1 is 1.06 bits per heavy atom. The van der Waals surface area contributed by atoms with Gasteiger partial charge < -0.3 is 0 Å². The molecule has 0 saturated heterocycles. The SMILES string of the molecule is CC1CCC2C(CCC3C2CCC2(C)C(C(=O)Cn4cc5ncccc5n4)CCC32)C1. The second kappa shape index (κ2) is 7.42. The van der Waals surface area contributed by atoms with Crippen LogP contribution in [-0.4, -0.2) is 20.5 Å². The Morgan fingerprint density at radius 2 is 1.94 bits per heavy atom. The third-order valence-corrected chi connectivity index (χ3v) is 10.2. The molecule has 8 unspecified atom stereocenters. The molecule has 4 saturated carbocycles. The number of pyridine rings is 1.